The molecule has 0 radical (unpaired) electrons. The summed E-state index contributed by atoms with van der Waals surface area (Å²) < 4.78 is 11.2. The fourth-order valence-electron chi connectivity index (χ4n) is 6.94. The van der Waals surface area contributed by atoms with E-state index in [-0.39, 0.29) is 41.8 Å². The standard InChI is InChI=1S/C21H26O5/c1-10-5-16-15(19(10)25-11(2)22)4-3-12-6-13-7-14-8-18(23)21(13,9-17(12)16)20(24)26-14/h3-4,10,12-17,19H,5-9H2,1-2H3/t10-,12+,13-,14-,15-,16-,17-,19-,21?/m1/s1. The molecule has 9 atom stereocenters. The molecular weight excluding hydrogens is 332 g/mol. The van der Waals surface area contributed by atoms with Gasteiger partial charge in [-0.2, -0.15) is 0 Å². The molecule has 5 nitrogen and oxygen atoms in total. The summed E-state index contributed by atoms with van der Waals surface area (Å²) in [5.41, 5.74) is -0.894. The SMILES string of the molecule is CC(=O)O[C@H]1[C@@H]2C=C[C@H]3C[C@@H]4C[C@@H]5CC(=O)C4(C[C@H]3[C@@H]2C[C@H]1C)C(=O)O5. The average molecular weight is 358 g/mol. The third kappa shape index (κ3) is 2.06. The summed E-state index contributed by atoms with van der Waals surface area (Å²) >= 11 is 0. The second kappa shape index (κ2) is 5.43. The molecule has 0 aromatic heterocycles. The molecule has 1 unspecified atom stereocenters. The van der Waals surface area contributed by atoms with Gasteiger partial charge in [-0.05, 0) is 55.3 Å². The summed E-state index contributed by atoms with van der Waals surface area (Å²) in [6.07, 6.45) is 8.01. The van der Waals surface area contributed by atoms with Gasteiger partial charge >= 0.3 is 11.9 Å². The predicted octanol–water partition coefficient (Wildman–Crippen LogP) is 2.68. The molecule has 5 fully saturated rings. The molecule has 2 heterocycles. The molecule has 2 bridgehead atoms. The third-order valence-electron chi connectivity index (χ3n) is 7.97. The lowest BCUT2D eigenvalue weighted by Gasteiger charge is -2.56. The van der Waals surface area contributed by atoms with Crippen LogP contribution in [0.3, 0.4) is 0 Å². The number of Topliss-reactive ketones (excluding diaryl/α,β-unsaturated/α-hetero) is 1. The van der Waals surface area contributed by atoms with E-state index in [0.29, 0.717) is 36.5 Å². The highest BCUT2D eigenvalue weighted by molar-refractivity contribution is 6.07. The van der Waals surface area contributed by atoms with Crippen LogP contribution in [0.2, 0.25) is 0 Å². The van der Waals surface area contributed by atoms with Gasteiger partial charge in [-0.25, -0.2) is 0 Å². The molecular formula is C21H26O5. The fourth-order valence-corrected chi connectivity index (χ4v) is 6.94. The number of esters is 2. The van der Waals surface area contributed by atoms with E-state index in [4.69, 9.17) is 9.47 Å². The summed E-state index contributed by atoms with van der Waals surface area (Å²) in [6.45, 7) is 3.61. The number of fused-ring (bicyclic) bond motifs is 5. The first-order chi connectivity index (χ1) is 12.4. The van der Waals surface area contributed by atoms with Crippen LogP contribution in [0.1, 0.15) is 46.0 Å². The van der Waals surface area contributed by atoms with Gasteiger partial charge in [0, 0.05) is 19.3 Å². The topological polar surface area (TPSA) is 69.7 Å². The van der Waals surface area contributed by atoms with Crippen LogP contribution < -0.4 is 0 Å². The van der Waals surface area contributed by atoms with Crippen molar-refractivity contribution in [1.29, 1.82) is 0 Å². The molecule has 0 aromatic rings. The lowest BCUT2D eigenvalue weighted by molar-refractivity contribution is -0.202. The van der Waals surface area contributed by atoms with E-state index in [0.717, 1.165) is 19.3 Å². The van der Waals surface area contributed by atoms with Crippen molar-refractivity contribution in [3.05, 3.63) is 12.2 Å². The summed E-state index contributed by atoms with van der Waals surface area (Å²) in [7, 11) is 0. The van der Waals surface area contributed by atoms with Gasteiger partial charge in [-0.3, -0.25) is 14.4 Å². The number of carbonyl (C=O) groups excluding carboxylic acids is 3. The molecule has 2 aliphatic heterocycles. The number of ether oxygens (including phenoxy) is 2. The number of carbonyl (C=O) groups is 3. The first-order valence-electron chi connectivity index (χ1n) is 10.00. The minimum atomic E-state index is -0.894. The second-order valence-corrected chi connectivity index (χ2v) is 9.24. The van der Waals surface area contributed by atoms with Crippen molar-refractivity contribution < 1.29 is 23.9 Å². The van der Waals surface area contributed by atoms with Crippen molar-refractivity contribution in [3.8, 4) is 0 Å². The number of hydrogen-bond acceptors (Lipinski definition) is 5. The van der Waals surface area contributed by atoms with Crippen molar-refractivity contribution >= 4 is 17.7 Å². The van der Waals surface area contributed by atoms with Gasteiger partial charge < -0.3 is 9.47 Å². The Morgan fingerprint density at radius 2 is 2.00 bits per heavy atom. The first kappa shape index (κ1) is 16.5. The molecule has 6 aliphatic rings. The molecule has 4 aliphatic carbocycles. The van der Waals surface area contributed by atoms with Crippen LogP contribution in [0.5, 0.6) is 0 Å². The Hall–Kier alpha value is -1.65. The zero-order chi connectivity index (χ0) is 18.2. The van der Waals surface area contributed by atoms with Crippen molar-refractivity contribution in [3.63, 3.8) is 0 Å². The van der Waals surface area contributed by atoms with Crippen molar-refractivity contribution in [2.45, 2.75) is 58.2 Å². The number of hydrogen-bond donors (Lipinski definition) is 0. The molecule has 26 heavy (non-hydrogen) atoms. The number of allylic oxidation sites excluding steroid dienone is 1. The van der Waals surface area contributed by atoms with E-state index in [2.05, 4.69) is 19.1 Å². The van der Waals surface area contributed by atoms with Gasteiger partial charge in [0.2, 0.25) is 0 Å². The highest BCUT2D eigenvalue weighted by Gasteiger charge is 2.66. The van der Waals surface area contributed by atoms with Crippen LogP contribution in [0.25, 0.3) is 0 Å². The maximum Gasteiger partial charge on any atom is 0.320 e. The van der Waals surface area contributed by atoms with Gasteiger partial charge in [0.1, 0.15) is 17.6 Å². The van der Waals surface area contributed by atoms with E-state index in [1.165, 1.54) is 6.92 Å². The summed E-state index contributed by atoms with van der Waals surface area (Å²) in [6, 6.07) is 0. The molecule has 0 aromatic carbocycles. The van der Waals surface area contributed by atoms with Crippen LogP contribution in [0.4, 0.5) is 0 Å². The van der Waals surface area contributed by atoms with Crippen molar-refractivity contribution in [1.82, 2.24) is 0 Å². The Morgan fingerprint density at radius 3 is 2.73 bits per heavy atom. The van der Waals surface area contributed by atoms with Gasteiger partial charge in [-0.15, -0.1) is 0 Å². The van der Waals surface area contributed by atoms with Crippen LogP contribution in [-0.4, -0.2) is 29.9 Å². The minimum absolute atomic E-state index is 0.0883. The predicted molar refractivity (Wildman–Crippen MR) is 91.7 cm³/mol. The second-order valence-electron chi connectivity index (χ2n) is 9.24. The molecule has 0 amide bonds. The molecule has 1 spiro atoms. The maximum absolute atomic E-state index is 12.9. The monoisotopic (exact) mass is 358 g/mol. The number of ketones is 1. The zero-order valence-corrected chi connectivity index (χ0v) is 15.4. The molecule has 2 saturated heterocycles. The van der Waals surface area contributed by atoms with Gasteiger partial charge in [0.15, 0.2) is 5.78 Å². The van der Waals surface area contributed by atoms with Crippen molar-refractivity contribution in [2.24, 2.45) is 40.9 Å². The zero-order valence-electron chi connectivity index (χ0n) is 15.4. The summed E-state index contributed by atoms with van der Waals surface area (Å²) in [5, 5.41) is 0. The smallest absolute Gasteiger partial charge is 0.320 e. The van der Waals surface area contributed by atoms with E-state index < -0.39 is 5.41 Å². The van der Waals surface area contributed by atoms with E-state index in [1.807, 2.05) is 0 Å². The Labute approximate surface area is 153 Å². The van der Waals surface area contributed by atoms with Crippen LogP contribution in [0.15, 0.2) is 12.2 Å². The van der Waals surface area contributed by atoms with Crippen LogP contribution in [-0.2, 0) is 23.9 Å². The summed E-state index contributed by atoms with van der Waals surface area (Å²) in [4.78, 5) is 37.1. The van der Waals surface area contributed by atoms with Crippen LogP contribution in [0, 0.1) is 40.9 Å². The third-order valence-corrected chi connectivity index (χ3v) is 7.97. The van der Waals surface area contributed by atoms with Crippen molar-refractivity contribution in [2.75, 3.05) is 0 Å². The molecule has 3 saturated carbocycles. The first-order valence-corrected chi connectivity index (χ1v) is 10.00. The normalized spacial score (nSPS) is 51.3. The molecule has 0 N–H and O–H groups in total. The largest absolute Gasteiger partial charge is 0.462 e. The van der Waals surface area contributed by atoms with Crippen LogP contribution >= 0.6 is 0 Å². The van der Waals surface area contributed by atoms with Gasteiger partial charge in [0.25, 0.3) is 0 Å². The lowest BCUT2D eigenvalue weighted by Crippen LogP contribution is -2.62. The maximum atomic E-state index is 12.9. The average Bonchev–Trinajstić information content (AvgIpc) is 2.88. The fraction of sp³-hybridized carbons (Fsp3) is 0.762. The molecule has 5 heteroatoms. The van der Waals surface area contributed by atoms with Gasteiger partial charge in [-0.1, -0.05) is 19.1 Å². The molecule has 6 rings (SSSR count). The highest BCUT2D eigenvalue weighted by Crippen LogP contribution is 2.61. The van der Waals surface area contributed by atoms with E-state index in [1.54, 1.807) is 0 Å². The van der Waals surface area contributed by atoms with Gasteiger partial charge in [0.05, 0.1) is 0 Å². The Balaban J connectivity index is 1.48. The Morgan fingerprint density at radius 1 is 1.19 bits per heavy atom. The van der Waals surface area contributed by atoms with E-state index >= 15 is 0 Å². The quantitative estimate of drug-likeness (QED) is 0.409. The summed E-state index contributed by atoms with van der Waals surface area (Å²) in [5.74, 6) is 1.37. The Kier molecular flexibility index (Phi) is 3.45. The lowest BCUT2D eigenvalue weighted by atomic mass is 9.49. The number of rotatable bonds is 1. The Bertz CT molecular complexity index is 691. The highest BCUT2D eigenvalue weighted by atomic mass is 16.6. The minimum Gasteiger partial charge on any atom is -0.462 e. The van der Waals surface area contributed by atoms with E-state index in [9.17, 15) is 14.4 Å². The molecule has 140 valence electrons.